The van der Waals surface area contributed by atoms with Crippen LogP contribution < -0.4 is 5.32 Å². The molecule has 3 saturated heterocycles. The summed E-state index contributed by atoms with van der Waals surface area (Å²) in [7, 11) is 0. The highest BCUT2D eigenvalue weighted by Crippen LogP contribution is 2.48. The number of carbonyl (C=O) groups is 3. The highest BCUT2D eigenvalue weighted by molar-refractivity contribution is 5.88. The Kier molecular flexibility index (Phi) is 7.79. The van der Waals surface area contributed by atoms with E-state index in [4.69, 9.17) is 4.74 Å². The summed E-state index contributed by atoms with van der Waals surface area (Å²) in [6.07, 6.45) is 6.12. The van der Waals surface area contributed by atoms with Crippen molar-refractivity contribution in [2.24, 2.45) is 0 Å². The number of carbonyl (C=O) groups excluding carboxylic acids is 3. The Bertz CT molecular complexity index is 1170. The number of nitrogens with zero attached hydrogens (tertiary/aromatic N) is 4. The van der Waals surface area contributed by atoms with Gasteiger partial charge in [0.1, 0.15) is 23.5 Å². The maximum absolute atomic E-state index is 14.0. The normalized spacial score (nSPS) is 27.0. The molecular weight excluding hydrogens is 513 g/mol. The SMILES string of the molecule is CC(C)(C)OC(=O)N[C@@H](CN1CC2C[C@H]1C(=O)N2C1(c2ccc(F)cc2)CCCCC1)C(=O)N1CCC[C@H]1C#N. The van der Waals surface area contributed by atoms with E-state index in [1.807, 2.05) is 17.0 Å². The molecule has 3 heterocycles. The number of alkyl carbamates (subject to hydrolysis) is 1. The number of rotatable bonds is 6. The summed E-state index contributed by atoms with van der Waals surface area (Å²) in [5.74, 6) is -0.584. The number of ether oxygens (including phenoxy) is 1. The fourth-order valence-corrected chi connectivity index (χ4v) is 7.23. The zero-order chi connectivity index (χ0) is 28.7. The van der Waals surface area contributed by atoms with Crippen molar-refractivity contribution in [3.63, 3.8) is 0 Å². The fourth-order valence-electron chi connectivity index (χ4n) is 7.23. The third-order valence-electron chi connectivity index (χ3n) is 8.88. The highest BCUT2D eigenvalue weighted by atomic mass is 19.1. The van der Waals surface area contributed by atoms with Crippen LogP contribution in [0.4, 0.5) is 9.18 Å². The molecule has 0 spiro atoms. The van der Waals surface area contributed by atoms with E-state index < -0.39 is 35.4 Å². The zero-order valence-electron chi connectivity index (χ0n) is 23.7. The summed E-state index contributed by atoms with van der Waals surface area (Å²) in [4.78, 5) is 45.9. The van der Waals surface area contributed by atoms with Crippen molar-refractivity contribution in [3.8, 4) is 6.07 Å². The number of halogens is 1. The smallest absolute Gasteiger partial charge is 0.408 e. The Morgan fingerprint density at radius 3 is 2.50 bits per heavy atom. The molecule has 40 heavy (non-hydrogen) atoms. The predicted octanol–water partition coefficient (Wildman–Crippen LogP) is 3.68. The molecule has 4 aliphatic rings. The maximum Gasteiger partial charge on any atom is 0.408 e. The largest absolute Gasteiger partial charge is 0.444 e. The Morgan fingerprint density at radius 1 is 1.18 bits per heavy atom. The van der Waals surface area contributed by atoms with Gasteiger partial charge in [-0.2, -0.15) is 5.26 Å². The van der Waals surface area contributed by atoms with Gasteiger partial charge in [0.25, 0.3) is 0 Å². The minimum absolute atomic E-state index is 0.0296. The van der Waals surface area contributed by atoms with E-state index in [0.717, 1.165) is 44.1 Å². The van der Waals surface area contributed by atoms with Gasteiger partial charge >= 0.3 is 6.09 Å². The van der Waals surface area contributed by atoms with Gasteiger partial charge < -0.3 is 19.9 Å². The summed E-state index contributed by atoms with van der Waals surface area (Å²) in [5.41, 5.74) is -0.204. The van der Waals surface area contributed by atoms with Crippen molar-refractivity contribution in [1.29, 1.82) is 5.26 Å². The van der Waals surface area contributed by atoms with E-state index in [1.54, 1.807) is 20.8 Å². The average molecular weight is 554 g/mol. The molecule has 2 bridgehead atoms. The van der Waals surface area contributed by atoms with Crippen LogP contribution in [0, 0.1) is 17.1 Å². The second kappa shape index (κ2) is 11.0. The van der Waals surface area contributed by atoms with Gasteiger partial charge in [-0.15, -0.1) is 0 Å². The first-order chi connectivity index (χ1) is 19.0. The molecule has 3 aliphatic heterocycles. The van der Waals surface area contributed by atoms with E-state index in [2.05, 4.69) is 16.3 Å². The van der Waals surface area contributed by atoms with Crippen molar-refractivity contribution in [2.45, 2.75) is 107 Å². The number of fused-ring (bicyclic) bond motifs is 2. The molecule has 1 aliphatic carbocycles. The van der Waals surface area contributed by atoms with Gasteiger partial charge in [0.05, 0.1) is 17.6 Å². The Hall–Kier alpha value is -3.19. The van der Waals surface area contributed by atoms with Gasteiger partial charge in [0, 0.05) is 25.7 Å². The number of benzene rings is 1. The van der Waals surface area contributed by atoms with Crippen molar-refractivity contribution in [3.05, 3.63) is 35.6 Å². The van der Waals surface area contributed by atoms with Crippen LogP contribution >= 0.6 is 0 Å². The third kappa shape index (κ3) is 5.40. The molecule has 1 saturated carbocycles. The van der Waals surface area contributed by atoms with Gasteiger partial charge in [0.15, 0.2) is 0 Å². The van der Waals surface area contributed by atoms with Crippen LogP contribution in [-0.4, -0.2) is 82.0 Å². The molecule has 1 aromatic carbocycles. The van der Waals surface area contributed by atoms with Crippen LogP contribution in [0.2, 0.25) is 0 Å². The highest BCUT2D eigenvalue weighted by Gasteiger charge is 2.57. The topological polar surface area (TPSA) is 106 Å². The third-order valence-corrected chi connectivity index (χ3v) is 8.88. The first-order valence-electron chi connectivity index (χ1n) is 14.6. The standard InChI is InChI=1S/C30H40FN5O4/c1-29(2,3)40-28(39)33-24(26(37)35-15-7-8-22(35)17-32)19-34-18-23-16-25(34)27(38)36(23)30(13-5-4-6-14-30)20-9-11-21(31)12-10-20/h9-12,22-25H,4-8,13-16,18-19H2,1-3H3,(H,33,39)/t22-,23?,24-,25-/m0/s1. The van der Waals surface area contributed by atoms with Gasteiger partial charge in [-0.05, 0) is 70.6 Å². The molecule has 1 N–H and O–H groups in total. The first kappa shape index (κ1) is 28.3. The first-order valence-corrected chi connectivity index (χ1v) is 14.6. The monoisotopic (exact) mass is 553 g/mol. The van der Waals surface area contributed by atoms with Gasteiger partial charge in [-0.1, -0.05) is 31.4 Å². The minimum Gasteiger partial charge on any atom is -0.444 e. The second-order valence-electron chi connectivity index (χ2n) is 12.7. The summed E-state index contributed by atoms with van der Waals surface area (Å²) < 4.78 is 19.2. The van der Waals surface area contributed by atoms with E-state index >= 15 is 0 Å². The number of nitrogens with one attached hydrogen (secondary N) is 1. The van der Waals surface area contributed by atoms with Crippen molar-refractivity contribution in [2.75, 3.05) is 19.6 Å². The predicted molar refractivity (Wildman–Crippen MR) is 145 cm³/mol. The summed E-state index contributed by atoms with van der Waals surface area (Å²) >= 11 is 0. The molecule has 0 radical (unpaired) electrons. The number of hydrogen-bond acceptors (Lipinski definition) is 6. The lowest BCUT2D eigenvalue weighted by molar-refractivity contribution is -0.147. The Labute approximate surface area is 235 Å². The van der Waals surface area contributed by atoms with Crippen LogP contribution in [0.3, 0.4) is 0 Å². The van der Waals surface area contributed by atoms with Gasteiger partial charge in [0.2, 0.25) is 11.8 Å². The lowest BCUT2D eigenvalue weighted by Crippen LogP contribution is -2.62. The Balaban J connectivity index is 1.36. The molecule has 3 amide bonds. The second-order valence-corrected chi connectivity index (χ2v) is 12.7. The molecule has 1 aromatic rings. The summed E-state index contributed by atoms with van der Waals surface area (Å²) in [5, 5.41) is 12.3. The van der Waals surface area contributed by atoms with E-state index in [-0.39, 0.29) is 30.2 Å². The summed E-state index contributed by atoms with van der Waals surface area (Å²) in [6, 6.07) is 6.89. The fraction of sp³-hybridized carbons (Fsp3) is 0.667. The molecule has 216 valence electrons. The van der Waals surface area contributed by atoms with Crippen LogP contribution in [0.1, 0.15) is 77.7 Å². The molecule has 4 fully saturated rings. The molecular formula is C30H40FN5O4. The quantitative estimate of drug-likeness (QED) is 0.576. The average Bonchev–Trinajstić information content (AvgIpc) is 3.62. The molecule has 4 atom stereocenters. The van der Waals surface area contributed by atoms with Crippen molar-refractivity contribution >= 4 is 17.9 Å². The number of amides is 3. The molecule has 9 nitrogen and oxygen atoms in total. The molecule has 0 aromatic heterocycles. The Morgan fingerprint density at radius 2 is 1.88 bits per heavy atom. The molecule has 5 rings (SSSR count). The van der Waals surface area contributed by atoms with E-state index in [9.17, 15) is 24.0 Å². The van der Waals surface area contributed by atoms with Crippen LogP contribution in [0.5, 0.6) is 0 Å². The number of nitriles is 1. The van der Waals surface area contributed by atoms with Crippen LogP contribution in [0.25, 0.3) is 0 Å². The number of hydrogen-bond donors (Lipinski definition) is 1. The van der Waals surface area contributed by atoms with Gasteiger partial charge in [-0.3, -0.25) is 14.5 Å². The van der Waals surface area contributed by atoms with Crippen LogP contribution in [0.15, 0.2) is 24.3 Å². The van der Waals surface area contributed by atoms with E-state index in [1.165, 1.54) is 17.0 Å². The lowest BCUT2D eigenvalue weighted by Gasteiger charge is -2.50. The van der Waals surface area contributed by atoms with E-state index in [0.29, 0.717) is 25.9 Å². The minimum atomic E-state index is -0.940. The van der Waals surface area contributed by atoms with Crippen molar-refractivity contribution < 1.29 is 23.5 Å². The van der Waals surface area contributed by atoms with Crippen molar-refractivity contribution in [1.82, 2.24) is 20.0 Å². The molecule has 10 heteroatoms. The summed E-state index contributed by atoms with van der Waals surface area (Å²) in [6.45, 7) is 6.47. The number of piperazine rings is 1. The maximum atomic E-state index is 14.0. The van der Waals surface area contributed by atoms with Gasteiger partial charge in [-0.25, -0.2) is 9.18 Å². The molecule has 1 unspecified atom stereocenters. The van der Waals surface area contributed by atoms with Crippen LogP contribution in [-0.2, 0) is 19.9 Å². The lowest BCUT2D eigenvalue weighted by atomic mass is 9.74. The zero-order valence-corrected chi connectivity index (χ0v) is 23.7. The number of likely N-dealkylation sites (tertiary alicyclic amines) is 3.